The molecule has 1 N–H and O–H groups in total. The predicted molar refractivity (Wildman–Crippen MR) is 54.6 cm³/mol. The highest BCUT2D eigenvalue weighted by molar-refractivity contribution is 5.75. The lowest BCUT2D eigenvalue weighted by Crippen LogP contribution is -2.28. The first-order valence-corrected chi connectivity index (χ1v) is 4.94. The number of unbranched alkanes of at least 4 members (excludes halogenated alkanes) is 1. The van der Waals surface area contributed by atoms with Gasteiger partial charge < -0.3 is 15.4 Å². The van der Waals surface area contributed by atoms with E-state index in [4.69, 9.17) is 0 Å². The van der Waals surface area contributed by atoms with Crippen molar-refractivity contribution in [2.75, 3.05) is 6.54 Å². The number of nitro groups is 1. The predicted octanol–water partition coefficient (Wildman–Crippen LogP) is 0.103. The van der Waals surface area contributed by atoms with Gasteiger partial charge in [-0.05, 0) is 11.3 Å². The molecule has 0 aliphatic rings. The van der Waals surface area contributed by atoms with Crippen LogP contribution in [0.3, 0.4) is 0 Å². The van der Waals surface area contributed by atoms with Gasteiger partial charge in [0.2, 0.25) is 5.91 Å². The Morgan fingerprint density at radius 2 is 2.44 bits per heavy atom. The van der Waals surface area contributed by atoms with E-state index in [1.807, 2.05) is 6.92 Å². The van der Waals surface area contributed by atoms with Crippen LogP contribution in [0.1, 0.15) is 19.8 Å². The molecule has 8 heteroatoms. The minimum atomic E-state index is -0.654. The van der Waals surface area contributed by atoms with Gasteiger partial charge in [0.15, 0.2) is 0 Å². The van der Waals surface area contributed by atoms with E-state index in [-0.39, 0.29) is 18.3 Å². The number of nitrogens with zero attached hydrogens (tertiary/aromatic N) is 4. The van der Waals surface area contributed by atoms with Gasteiger partial charge in [-0.15, -0.1) is 0 Å². The average molecular weight is 227 g/mol. The fraction of sp³-hybridized carbons (Fsp3) is 0.625. The first-order valence-electron chi connectivity index (χ1n) is 4.94. The van der Waals surface area contributed by atoms with Crippen molar-refractivity contribution in [3.05, 3.63) is 16.3 Å². The maximum Gasteiger partial charge on any atom is 0.410 e. The van der Waals surface area contributed by atoms with Crippen LogP contribution in [0.15, 0.2) is 6.20 Å². The van der Waals surface area contributed by atoms with E-state index in [0.717, 1.165) is 23.7 Å². The highest BCUT2D eigenvalue weighted by Crippen LogP contribution is 2.02. The van der Waals surface area contributed by atoms with E-state index in [1.165, 1.54) is 0 Å². The Labute approximate surface area is 91.8 Å². The van der Waals surface area contributed by atoms with Crippen molar-refractivity contribution in [2.24, 2.45) is 0 Å². The number of carbonyl (C=O) groups is 1. The highest BCUT2D eigenvalue weighted by Gasteiger charge is 2.13. The van der Waals surface area contributed by atoms with Crippen LogP contribution in [0.5, 0.6) is 0 Å². The standard InChI is InChI=1S/C8H13N5O3/c1-2-3-4-9-8(14)6-12-5-7(10-11-12)13(15)16/h5H,2-4,6H2,1H3,(H,9,14). The molecule has 0 radical (unpaired) electrons. The van der Waals surface area contributed by atoms with E-state index in [1.54, 1.807) is 0 Å². The van der Waals surface area contributed by atoms with Crippen LogP contribution >= 0.6 is 0 Å². The summed E-state index contributed by atoms with van der Waals surface area (Å²) in [7, 11) is 0. The molecule has 0 saturated carbocycles. The highest BCUT2D eigenvalue weighted by atomic mass is 16.6. The van der Waals surface area contributed by atoms with Gasteiger partial charge in [-0.25, -0.2) is 4.68 Å². The molecule has 1 rings (SSSR count). The van der Waals surface area contributed by atoms with Crippen molar-refractivity contribution in [3.8, 4) is 0 Å². The molecule has 1 aromatic rings. The van der Waals surface area contributed by atoms with E-state index >= 15 is 0 Å². The fourth-order valence-electron chi connectivity index (χ4n) is 1.06. The van der Waals surface area contributed by atoms with Crippen LogP contribution in [0.25, 0.3) is 0 Å². The van der Waals surface area contributed by atoms with Gasteiger partial charge >= 0.3 is 5.82 Å². The Hall–Kier alpha value is -1.99. The normalized spacial score (nSPS) is 10.1. The molecule has 0 unspecified atom stereocenters. The molecule has 0 saturated heterocycles. The number of nitrogens with one attached hydrogen (secondary N) is 1. The molecule has 1 amide bonds. The summed E-state index contributed by atoms with van der Waals surface area (Å²) in [5.74, 6) is -0.588. The van der Waals surface area contributed by atoms with Crippen molar-refractivity contribution in [2.45, 2.75) is 26.3 Å². The van der Waals surface area contributed by atoms with Gasteiger partial charge in [-0.1, -0.05) is 13.3 Å². The molecule has 0 aromatic carbocycles. The zero-order valence-electron chi connectivity index (χ0n) is 8.92. The SMILES string of the molecule is CCCCNC(=O)Cn1cc([N+](=O)[O-])nn1. The lowest BCUT2D eigenvalue weighted by molar-refractivity contribution is -0.389. The second-order valence-electron chi connectivity index (χ2n) is 3.23. The minimum absolute atomic E-state index is 0.0510. The maximum atomic E-state index is 11.3. The Bertz CT molecular complexity index is 376. The molecule has 1 heterocycles. The second-order valence-corrected chi connectivity index (χ2v) is 3.23. The second kappa shape index (κ2) is 5.79. The molecule has 0 aliphatic heterocycles. The third-order valence-corrected chi connectivity index (χ3v) is 1.87. The summed E-state index contributed by atoms with van der Waals surface area (Å²) in [6, 6.07) is 0. The molecule has 0 atom stereocenters. The third-order valence-electron chi connectivity index (χ3n) is 1.87. The van der Waals surface area contributed by atoms with Crippen LogP contribution in [0.4, 0.5) is 5.82 Å². The number of aromatic nitrogens is 3. The largest absolute Gasteiger partial charge is 0.410 e. The summed E-state index contributed by atoms with van der Waals surface area (Å²) < 4.78 is 1.14. The van der Waals surface area contributed by atoms with E-state index in [0.29, 0.717) is 6.54 Å². The zero-order chi connectivity index (χ0) is 12.0. The number of hydrogen-bond donors (Lipinski definition) is 1. The lowest BCUT2D eigenvalue weighted by Gasteiger charge is -2.02. The summed E-state index contributed by atoms with van der Waals surface area (Å²) in [5, 5.41) is 19.7. The van der Waals surface area contributed by atoms with Gasteiger partial charge in [0.1, 0.15) is 17.8 Å². The first kappa shape index (κ1) is 12.1. The van der Waals surface area contributed by atoms with Crippen LogP contribution in [-0.4, -0.2) is 32.4 Å². The van der Waals surface area contributed by atoms with Gasteiger partial charge in [0.05, 0.1) is 5.21 Å². The third kappa shape index (κ3) is 3.64. The van der Waals surface area contributed by atoms with Crippen LogP contribution in [-0.2, 0) is 11.3 Å². The Morgan fingerprint density at radius 1 is 1.69 bits per heavy atom. The van der Waals surface area contributed by atoms with E-state index in [9.17, 15) is 14.9 Å². The molecule has 0 bridgehead atoms. The molecular formula is C8H13N5O3. The van der Waals surface area contributed by atoms with Crippen LogP contribution in [0.2, 0.25) is 0 Å². The molecule has 8 nitrogen and oxygen atoms in total. The molecule has 0 aliphatic carbocycles. The van der Waals surface area contributed by atoms with Crippen LogP contribution < -0.4 is 5.32 Å². The molecule has 0 fully saturated rings. The summed E-state index contributed by atoms with van der Waals surface area (Å²) in [6.45, 7) is 2.57. The average Bonchev–Trinajstić information content (AvgIpc) is 2.66. The fourth-order valence-corrected chi connectivity index (χ4v) is 1.06. The topological polar surface area (TPSA) is 103 Å². The summed E-state index contributed by atoms with van der Waals surface area (Å²) in [5.41, 5.74) is 0. The Morgan fingerprint density at radius 3 is 3.00 bits per heavy atom. The Balaban J connectivity index is 2.40. The Kier molecular flexibility index (Phi) is 4.37. The molecule has 88 valence electrons. The number of carbonyl (C=O) groups excluding carboxylic acids is 1. The van der Waals surface area contributed by atoms with Gasteiger partial charge in [0, 0.05) is 6.54 Å². The smallest absolute Gasteiger partial charge is 0.358 e. The maximum absolute atomic E-state index is 11.3. The van der Waals surface area contributed by atoms with Crippen molar-refractivity contribution in [1.29, 1.82) is 0 Å². The molecular weight excluding hydrogens is 214 g/mol. The van der Waals surface area contributed by atoms with Crippen molar-refractivity contribution in [3.63, 3.8) is 0 Å². The quantitative estimate of drug-likeness (QED) is 0.422. The lowest BCUT2D eigenvalue weighted by atomic mass is 10.3. The van der Waals surface area contributed by atoms with Gasteiger partial charge in [-0.2, -0.15) is 0 Å². The molecule has 1 aromatic heterocycles. The van der Waals surface area contributed by atoms with Gasteiger partial charge in [0.25, 0.3) is 0 Å². The first-order chi connectivity index (χ1) is 7.63. The monoisotopic (exact) mass is 227 g/mol. The van der Waals surface area contributed by atoms with Crippen molar-refractivity contribution >= 4 is 11.7 Å². The molecule has 16 heavy (non-hydrogen) atoms. The van der Waals surface area contributed by atoms with E-state index in [2.05, 4.69) is 15.6 Å². The number of rotatable bonds is 6. The van der Waals surface area contributed by atoms with Crippen LogP contribution in [0, 0.1) is 10.1 Å². The van der Waals surface area contributed by atoms with Crippen molar-refractivity contribution < 1.29 is 9.72 Å². The molecule has 0 spiro atoms. The summed E-state index contributed by atoms with van der Waals surface area (Å²) >= 11 is 0. The van der Waals surface area contributed by atoms with Crippen molar-refractivity contribution in [1.82, 2.24) is 20.3 Å². The van der Waals surface area contributed by atoms with E-state index < -0.39 is 4.92 Å². The minimum Gasteiger partial charge on any atom is -0.358 e. The summed E-state index contributed by atoms with van der Waals surface area (Å²) in [6.07, 6.45) is 3.03. The zero-order valence-corrected chi connectivity index (χ0v) is 8.92. The van der Waals surface area contributed by atoms with Gasteiger partial charge in [-0.3, -0.25) is 4.79 Å². The number of hydrogen-bond acceptors (Lipinski definition) is 5. The number of amides is 1. The summed E-state index contributed by atoms with van der Waals surface area (Å²) in [4.78, 5) is 20.9.